The van der Waals surface area contributed by atoms with Crippen molar-refractivity contribution in [3.05, 3.63) is 53.3 Å². The van der Waals surface area contributed by atoms with Gasteiger partial charge in [0.15, 0.2) is 0 Å². The molecule has 3 N–H and O–H groups in total. The van der Waals surface area contributed by atoms with Gasteiger partial charge in [-0.05, 0) is 36.4 Å². The van der Waals surface area contributed by atoms with Crippen LogP contribution in [0.4, 0.5) is 15.8 Å². The van der Waals surface area contributed by atoms with Gasteiger partial charge in [-0.1, -0.05) is 11.6 Å². The topological polar surface area (TPSA) is 70.6 Å². The highest BCUT2D eigenvalue weighted by atomic mass is 35.5. The molecule has 2 aromatic rings. The smallest absolute Gasteiger partial charge is 0.243 e. The van der Waals surface area contributed by atoms with E-state index in [9.17, 15) is 9.18 Å². The largest absolute Gasteiger partial charge is 0.489 e. The number of rotatable bonds is 7. The fraction of sp³-hybridized carbons (Fsp3) is 0.188. The molecule has 2 rings (SSSR count). The van der Waals surface area contributed by atoms with Crippen molar-refractivity contribution in [2.24, 2.45) is 0 Å². The molecule has 0 aromatic heterocycles. The van der Waals surface area contributed by atoms with Gasteiger partial charge < -0.3 is 20.5 Å². The van der Waals surface area contributed by atoms with Crippen molar-refractivity contribution in [3.8, 4) is 5.75 Å². The lowest BCUT2D eigenvalue weighted by atomic mass is 10.2. The van der Waals surface area contributed by atoms with E-state index in [2.05, 4.69) is 10.6 Å². The van der Waals surface area contributed by atoms with Crippen LogP contribution in [0.25, 0.3) is 0 Å². The molecule has 0 aliphatic rings. The summed E-state index contributed by atoms with van der Waals surface area (Å²) in [5, 5.41) is 14.9. The zero-order chi connectivity index (χ0) is 16.7. The summed E-state index contributed by atoms with van der Waals surface area (Å²) in [6.07, 6.45) is 0. The Balaban J connectivity index is 1.94. The molecule has 0 saturated heterocycles. The van der Waals surface area contributed by atoms with Crippen LogP contribution >= 0.6 is 11.6 Å². The quantitative estimate of drug-likeness (QED) is 0.726. The number of nitrogens with one attached hydrogen (secondary N) is 2. The molecule has 0 atom stereocenters. The molecule has 7 heteroatoms. The Bertz CT molecular complexity index is 665. The van der Waals surface area contributed by atoms with Crippen LogP contribution in [0.15, 0.2) is 42.5 Å². The lowest BCUT2D eigenvalue weighted by Gasteiger charge is -2.13. The van der Waals surface area contributed by atoms with Crippen LogP contribution in [0.5, 0.6) is 5.75 Å². The molecule has 0 bridgehead atoms. The van der Waals surface area contributed by atoms with Gasteiger partial charge in [0.25, 0.3) is 0 Å². The molecular formula is C16H16ClFN2O3. The first kappa shape index (κ1) is 17.1. The Morgan fingerprint density at radius 1 is 1.22 bits per heavy atom. The van der Waals surface area contributed by atoms with Crippen LogP contribution in [0.2, 0.25) is 5.02 Å². The average Bonchev–Trinajstić information content (AvgIpc) is 2.54. The maximum Gasteiger partial charge on any atom is 0.243 e. The number of hydrogen-bond acceptors (Lipinski definition) is 4. The summed E-state index contributed by atoms with van der Waals surface area (Å²) in [6.45, 7) is -0.175. The van der Waals surface area contributed by atoms with Crippen LogP contribution in [0, 0.1) is 5.82 Å². The molecule has 0 heterocycles. The third-order valence-electron chi connectivity index (χ3n) is 2.86. The van der Waals surface area contributed by atoms with Crippen molar-refractivity contribution in [1.82, 2.24) is 0 Å². The van der Waals surface area contributed by atoms with Crippen LogP contribution < -0.4 is 15.4 Å². The predicted molar refractivity (Wildman–Crippen MR) is 87.6 cm³/mol. The first-order valence-corrected chi connectivity index (χ1v) is 7.29. The number of halogens is 2. The first-order valence-electron chi connectivity index (χ1n) is 6.91. The van der Waals surface area contributed by atoms with Gasteiger partial charge in [0.2, 0.25) is 5.91 Å². The normalized spacial score (nSPS) is 10.2. The number of anilines is 2. The van der Waals surface area contributed by atoms with Gasteiger partial charge >= 0.3 is 0 Å². The standard InChI is InChI=1S/C16H16ClFN2O3/c17-11-1-4-13(5-2-11)20-16(22)10-19-14-6-3-12(18)9-15(14)23-8-7-21/h1-6,9,19,21H,7-8,10H2,(H,20,22). The number of amides is 1. The summed E-state index contributed by atoms with van der Waals surface area (Å²) in [6, 6.07) is 10.6. The minimum atomic E-state index is -0.464. The Kier molecular flexibility index (Phi) is 6.19. The molecule has 0 unspecified atom stereocenters. The second-order valence-corrected chi connectivity index (χ2v) is 5.06. The van der Waals surface area contributed by atoms with Crippen molar-refractivity contribution < 1.29 is 19.0 Å². The minimum absolute atomic E-state index is 0.0241. The van der Waals surface area contributed by atoms with Gasteiger partial charge in [-0.3, -0.25) is 4.79 Å². The van der Waals surface area contributed by atoms with E-state index in [4.69, 9.17) is 21.4 Å². The Morgan fingerprint density at radius 3 is 2.65 bits per heavy atom. The Morgan fingerprint density at radius 2 is 1.96 bits per heavy atom. The van der Waals surface area contributed by atoms with E-state index >= 15 is 0 Å². The lowest BCUT2D eigenvalue weighted by molar-refractivity contribution is -0.114. The molecule has 0 fully saturated rings. The Labute approximate surface area is 138 Å². The molecule has 5 nitrogen and oxygen atoms in total. The zero-order valence-electron chi connectivity index (χ0n) is 12.2. The molecule has 2 aromatic carbocycles. The SMILES string of the molecule is O=C(CNc1ccc(F)cc1OCCO)Nc1ccc(Cl)cc1. The molecule has 0 radical (unpaired) electrons. The molecule has 122 valence electrons. The number of aliphatic hydroxyl groups excluding tert-OH is 1. The van der Waals surface area contributed by atoms with E-state index in [0.29, 0.717) is 16.4 Å². The van der Waals surface area contributed by atoms with Gasteiger partial charge in [0, 0.05) is 16.8 Å². The third kappa shape index (κ3) is 5.43. The monoisotopic (exact) mass is 338 g/mol. The van der Waals surface area contributed by atoms with E-state index in [1.807, 2.05) is 0 Å². The number of benzene rings is 2. The molecule has 0 aliphatic heterocycles. The van der Waals surface area contributed by atoms with Crippen LogP contribution in [0.3, 0.4) is 0 Å². The summed E-state index contributed by atoms with van der Waals surface area (Å²) in [7, 11) is 0. The van der Waals surface area contributed by atoms with Crippen molar-refractivity contribution in [2.45, 2.75) is 0 Å². The highest BCUT2D eigenvalue weighted by Crippen LogP contribution is 2.25. The van der Waals surface area contributed by atoms with Gasteiger partial charge in [-0.25, -0.2) is 4.39 Å². The fourth-order valence-corrected chi connectivity index (χ4v) is 1.96. The molecular weight excluding hydrogens is 323 g/mol. The summed E-state index contributed by atoms with van der Waals surface area (Å²) < 4.78 is 18.5. The van der Waals surface area contributed by atoms with Gasteiger partial charge in [0.05, 0.1) is 18.8 Å². The average molecular weight is 339 g/mol. The van der Waals surface area contributed by atoms with E-state index in [0.717, 1.165) is 0 Å². The minimum Gasteiger partial charge on any atom is -0.489 e. The van der Waals surface area contributed by atoms with Crippen LogP contribution in [-0.4, -0.2) is 30.8 Å². The van der Waals surface area contributed by atoms with Crippen molar-refractivity contribution >= 4 is 28.9 Å². The number of ether oxygens (including phenoxy) is 1. The molecule has 0 saturated carbocycles. The second kappa shape index (κ2) is 8.36. The summed E-state index contributed by atoms with van der Waals surface area (Å²) in [5.41, 5.74) is 1.09. The van der Waals surface area contributed by atoms with Crippen molar-refractivity contribution in [3.63, 3.8) is 0 Å². The highest BCUT2D eigenvalue weighted by Gasteiger charge is 2.08. The maximum atomic E-state index is 13.2. The molecule has 0 aliphatic carbocycles. The number of hydrogen-bond donors (Lipinski definition) is 3. The van der Waals surface area contributed by atoms with E-state index < -0.39 is 5.82 Å². The van der Waals surface area contributed by atoms with E-state index in [-0.39, 0.29) is 31.4 Å². The molecule has 0 spiro atoms. The van der Waals surface area contributed by atoms with E-state index in [1.54, 1.807) is 24.3 Å². The summed E-state index contributed by atoms with van der Waals surface area (Å²) in [5.74, 6) is -0.503. The second-order valence-electron chi connectivity index (χ2n) is 4.62. The maximum absolute atomic E-state index is 13.2. The van der Waals surface area contributed by atoms with E-state index in [1.165, 1.54) is 18.2 Å². The van der Waals surface area contributed by atoms with Gasteiger partial charge in [-0.2, -0.15) is 0 Å². The highest BCUT2D eigenvalue weighted by molar-refractivity contribution is 6.30. The van der Waals surface area contributed by atoms with Crippen LogP contribution in [-0.2, 0) is 4.79 Å². The number of carbonyl (C=O) groups is 1. The first-order chi connectivity index (χ1) is 11.1. The number of carbonyl (C=O) groups excluding carboxylic acids is 1. The summed E-state index contributed by atoms with van der Waals surface area (Å²) >= 11 is 5.77. The number of aliphatic hydroxyl groups is 1. The third-order valence-corrected chi connectivity index (χ3v) is 3.11. The molecule has 1 amide bonds. The van der Waals surface area contributed by atoms with Gasteiger partial charge in [0.1, 0.15) is 18.2 Å². The van der Waals surface area contributed by atoms with Crippen molar-refractivity contribution in [1.29, 1.82) is 0 Å². The fourth-order valence-electron chi connectivity index (χ4n) is 1.83. The summed E-state index contributed by atoms with van der Waals surface area (Å²) in [4.78, 5) is 11.9. The van der Waals surface area contributed by atoms with Crippen molar-refractivity contribution in [2.75, 3.05) is 30.4 Å². The Hall–Kier alpha value is -2.31. The zero-order valence-corrected chi connectivity index (χ0v) is 12.9. The lowest BCUT2D eigenvalue weighted by Crippen LogP contribution is -2.22. The predicted octanol–water partition coefficient (Wildman–Crippen LogP) is 2.90. The molecule has 23 heavy (non-hydrogen) atoms. The van der Waals surface area contributed by atoms with Crippen LogP contribution in [0.1, 0.15) is 0 Å². The van der Waals surface area contributed by atoms with Gasteiger partial charge in [-0.15, -0.1) is 0 Å².